The van der Waals surface area contributed by atoms with Crippen LogP contribution in [0.15, 0.2) is 55.6 Å². The number of hydrogen-bond acceptors (Lipinski definition) is 6. The van der Waals surface area contributed by atoms with Crippen molar-refractivity contribution in [1.29, 1.82) is 0 Å². The monoisotopic (exact) mass is 460 g/mol. The van der Waals surface area contributed by atoms with Gasteiger partial charge in [-0.05, 0) is 25.3 Å². The zero-order valence-electron chi connectivity index (χ0n) is 19.5. The third kappa shape index (κ3) is 10.5. The molecule has 8 heteroatoms. The van der Waals surface area contributed by atoms with E-state index in [4.69, 9.17) is 14.6 Å². The number of aliphatic hydroxyl groups is 1. The summed E-state index contributed by atoms with van der Waals surface area (Å²) in [6.07, 6.45) is 3.28. The number of benzene rings is 1. The van der Waals surface area contributed by atoms with E-state index in [1.807, 2.05) is 30.3 Å². The number of carbonyl (C=O) groups excluding carboxylic acids is 3. The van der Waals surface area contributed by atoms with Crippen LogP contribution < -0.4 is 10.6 Å². The lowest BCUT2D eigenvalue weighted by molar-refractivity contribution is -0.153. The van der Waals surface area contributed by atoms with Gasteiger partial charge in [0.2, 0.25) is 11.8 Å². The maximum atomic E-state index is 13.1. The van der Waals surface area contributed by atoms with Crippen molar-refractivity contribution in [3.05, 3.63) is 61.2 Å². The van der Waals surface area contributed by atoms with E-state index >= 15 is 0 Å². The Morgan fingerprint density at radius 2 is 1.82 bits per heavy atom. The molecule has 182 valence electrons. The van der Waals surface area contributed by atoms with E-state index in [0.29, 0.717) is 12.0 Å². The predicted molar refractivity (Wildman–Crippen MR) is 126 cm³/mol. The van der Waals surface area contributed by atoms with E-state index in [-0.39, 0.29) is 44.3 Å². The smallest absolute Gasteiger partial charge is 0.306 e. The summed E-state index contributed by atoms with van der Waals surface area (Å²) in [6, 6.07) is 8.01. The Hall–Kier alpha value is -2.97. The highest BCUT2D eigenvalue weighted by Gasteiger charge is 2.31. The molecule has 1 aromatic rings. The zero-order valence-corrected chi connectivity index (χ0v) is 19.5. The number of allylic oxidation sites excluding steroid dienone is 2. The number of rotatable bonds is 16. The number of amides is 2. The first-order valence-corrected chi connectivity index (χ1v) is 11.0. The van der Waals surface area contributed by atoms with Crippen molar-refractivity contribution < 1.29 is 29.0 Å². The van der Waals surface area contributed by atoms with Crippen molar-refractivity contribution in [3.8, 4) is 0 Å². The molecule has 0 aromatic heterocycles. The van der Waals surface area contributed by atoms with Crippen LogP contribution >= 0.6 is 0 Å². The Kier molecular flexibility index (Phi) is 13.4. The molecule has 0 fully saturated rings. The van der Waals surface area contributed by atoms with Gasteiger partial charge in [0.25, 0.3) is 0 Å². The third-order valence-electron chi connectivity index (χ3n) is 4.91. The SMILES string of the molecule is C=CCCC(=O)O[C@@H](c1ccccc1)[C@H](COC)NC(=O)[C@@H](CC=C)CC(=O)N[C@H](C)CO. The first-order valence-electron chi connectivity index (χ1n) is 11.0. The summed E-state index contributed by atoms with van der Waals surface area (Å²) in [7, 11) is 1.49. The molecule has 33 heavy (non-hydrogen) atoms. The van der Waals surface area contributed by atoms with E-state index in [0.717, 1.165) is 0 Å². The van der Waals surface area contributed by atoms with E-state index in [1.54, 1.807) is 19.1 Å². The molecule has 4 atom stereocenters. The lowest BCUT2D eigenvalue weighted by Gasteiger charge is -2.29. The average molecular weight is 461 g/mol. The first-order chi connectivity index (χ1) is 15.9. The fraction of sp³-hybridized carbons (Fsp3) is 0.480. The second-order valence-corrected chi connectivity index (χ2v) is 7.80. The topological polar surface area (TPSA) is 114 Å². The Bertz CT molecular complexity index is 767. The summed E-state index contributed by atoms with van der Waals surface area (Å²) in [4.78, 5) is 37.8. The highest BCUT2D eigenvalue weighted by Crippen LogP contribution is 2.24. The van der Waals surface area contributed by atoms with E-state index in [2.05, 4.69) is 23.8 Å². The predicted octanol–water partition coefficient (Wildman–Crippen LogP) is 2.45. The highest BCUT2D eigenvalue weighted by molar-refractivity contribution is 5.86. The van der Waals surface area contributed by atoms with Crippen molar-refractivity contribution in [2.45, 2.75) is 50.8 Å². The third-order valence-corrected chi connectivity index (χ3v) is 4.91. The van der Waals surface area contributed by atoms with E-state index < -0.39 is 30.1 Å². The maximum Gasteiger partial charge on any atom is 0.306 e. The van der Waals surface area contributed by atoms with Crippen LogP contribution in [0.5, 0.6) is 0 Å². The van der Waals surface area contributed by atoms with Gasteiger partial charge in [-0.2, -0.15) is 0 Å². The number of hydrogen-bond donors (Lipinski definition) is 3. The molecule has 1 aromatic carbocycles. The van der Waals surface area contributed by atoms with Crippen molar-refractivity contribution in [1.82, 2.24) is 10.6 Å². The molecule has 0 saturated carbocycles. The number of methoxy groups -OCH3 is 1. The zero-order chi connectivity index (χ0) is 24.6. The molecule has 0 spiro atoms. The van der Waals surface area contributed by atoms with Gasteiger partial charge in [-0.3, -0.25) is 14.4 Å². The quantitative estimate of drug-likeness (QED) is 0.258. The summed E-state index contributed by atoms with van der Waals surface area (Å²) in [5, 5.41) is 14.7. The molecule has 8 nitrogen and oxygen atoms in total. The second kappa shape index (κ2) is 15.8. The molecular weight excluding hydrogens is 424 g/mol. The minimum Gasteiger partial charge on any atom is -0.455 e. The fourth-order valence-electron chi connectivity index (χ4n) is 3.22. The van der Waals surface area contributed by atoms with Gasteiger partial charge in [0.15, 0.2) is 0 Å². The summed E-state index contributed by atoms with van der Waals surface area (Å²) in [5.74, 6) is -1.83. The fourth-order valence-corrected chi connectivity index (χ4v) is 3.22. The van der Waals surface area contributed by atoms with Gasteiger partial charge in [0.05, 0.1) is 25.2 Å². The van der Waals surface area contributed by atoms with Crippen LogP contribution in [0.1, 0.15) is 44.3 Å². The van der Waals surface area contributed by atoms with Crippen molar-refractivity contribution in [2.24, 2.45) is 5.92 Å². The van der Waals surface area contributed by atoms with Crippen LogP contribution in [-0.2, 0) is 23.9 Å². The van der Waals surface area contributed by atoms with Gasteiger partial charge in [-0.25, -0.2) is 0 Å². The molecule has 0 aliphatic heterocycles. The lowest BCUT2D eigenvalue weighted by Crippen LogP contribution is -2.47. The summed E-state index contributed by atoms with van der Waals surface area (Å²) in [5.41, 5.74) is 0.710. The lowest BCUT2D eigenvalue weighted by atomic mass is 9.97. The van der Waals surface area contributed by atoms with Crippen molar-refractivity contribution >= 4 is 17.8 Å². The highest BCUT2D eigenvalue weighted by atomic mass is 16.5. The van der Waals surface area contributed by atoms with Crippen molar-refractivity contribution in [3.63, 3.8) is 0 Å². The molecule has 0 radical (unpaired) electrons. The molecule has 1 rings (SSSR count). The molecule has 2 amide bonds. The summed E-state index contributed by atoms with van der Waals surface area (Å²) in [6.45, 7) is 8.86. The van der Waals surface area contributed by atoms with Crippen molar-refractivity contribution in [2.75, 3.05) is 20.3 Å². The molecule has 0 aliphatic carbocycles. The largest absolute Gasteiger partial charge is 0.455 e. The molecule has 0 unspecified atom stereocenters. The second-order valence-electron chi connectivity index (χ2n) is 7.80. The summed E-state index contributed by atoms with van der Waals surface area (Å²) < 4.78 is 11.0. The van der Waals surface area contributed by atoms with Gasteiger partial charge < -0.3 is 25.2 Å². The number of ether oxygens (including phenoxy) is 2. The molecule has 0 bridgehead atoms. The van der Waals surface area contributed by atoms with Gasteiger partial charge in [0.1, 0.15) is 6.10 Å². The van der Waals surface area contributed by atoms with Crippen LogP contribution in [-0.4, -0.2) is 55.3 Å². The van der Waals surface area contributed by atoms with Crippen LogP contribution in [0.2, 0.25) is 0 Å². The van der Waals surface area contributed by atoms with Crippen LogP contribution in [0, 0.1) is 5.92 Å². The van der Waals surface area contributed by atoms with Crippen LogP contribution in [0.25, 0.3) is 0 Å². The van der Waals surface area contributed by atoms with Gasteiger partial charge >= 0.3 is 5.97 Å². The van der Waals surface area contributed by atoms with Crippen LogP contribution in [0.4, 0.5) is 0 Å². The molecule has 3 N–H and O–H groups in total. The number of nitrogens with one attached hydrogen (secondary N) is 2. The van der Waals surface area contributed by atoms with E-state index in [9.17, 15) is 14.4 Å². The average Bonchev–Trinajstić information content (AvgIpc) is 2.81. The minimum absolute atomic E-state index is 0.0724. The number of carbonyl (C=O) groups is 3. The number of esters is 1. The molecule has 0 saturated heterocycles. The first kappa shape index (κ1) is 28.1. The number of aliphatic hydroxyl groups excluding tert-OH is 1. The Morgan fingerprint density at radius 1 is 1.12 bits per heavy atom. The molecular formula is C25H36N2O6. The van der Waals surface area contributed by atoms with Gasteiger partial charge in [-0.15, -0.1) is 13.2 Å². The Balaban J connectivity index is 3.06. The maximum absolute atomic E-state index is 13.1. The summed E-state index contributed by atoms with van der Waals surface area (Å²) >= 11 is 0. The van der Waals surface area contributed by atoms with Crippen LogP contribution in [0.3, 0.4) is 0 Å². The molecule has 0 aliphatic rings. The normalized spacial score (nSPS) is 14.3. The standard InChI is InChI=1S/C25H36N2O6/c1-5-7-14-23(30)33-24(19-12-9-8-10-13-19)21(17-32-4)27-25(31)20(11-6-2)15-22(29)26-18(3)16-28/h5-6,8-10,12-13,18,20-21,24,28H,1-2,7,11,14-17H2,3-4H3,(H,26,29)(H,27,31)/t18-,20+,21+,24+/m1/s1. The Morgan fingerprint density at radius 3 is 2.39 bits per heavy atom. The van der Waals surface area contributed by atoms with Gasteiger partial charge in [-0.1, -0.05) is 42.5 Å². The van der Waals surface area contributed by atoms with E-state index in [1.165, 1.54) is 7.11 Å². The van der Waals surface area contributed by atoms with Gasteiger partial charge in [0, 0.05) is 26.0 Å². The molecule has 0 heterocycles. The Labute approximate surface area is 196 Å². The minimum atomic E-state index is -0.778.